The number of rotatable bonds is 20. The molecule has 0 aromatic heterocycles. The molecule has 5 amide bonds. The van der Waals surface area contributed by atoms with Gasteiger partial charge in [0, 0.05) is 80.1 Å². The minimum absolute atomic E-state index is 0. The zero-order valence-electron chi connectivity index (χ0n) is 30.8. The fourth-order valence-corrected chi connectivity index (χ4v) is 4.21. The summed E-state index contributed by atoms with van der Waals surface area (Å²) in [6, 6.07) is -1.83. The first-order valence-electron chi connectivity index (χ1n) is 16.6. The molecule has 22 nitrogen and oxygen atoms in total. The molecule has 0 spiro atoms. The average molecular weight is 936 g/mol. The number of carbonyl (C=O) groups excluding carboxylic acids is 6. The molecule has 0 unspecified atom stereocenters. The van der Waals surface area contributed by atoms with Gasteiger partial charge in [0.05, 0.1) is 5.33 Å². The molecule has 0 aromatic rings. The lowest BCUT2D eigenvalue weighted by molar-refractivity contribution is -0.195. The number of hydrogen-bond donors (Lipinski definition) is 10. The van der Waals surface area contributed by atoms with Gasteiger partial charge in [-0.3, -0.25) is 34.0 Å². The molecule has 0 radical (unpaired) electrons. The van der Waals surface area contributed by atoms with Crippen LogP contribution in [0.3, 0.4) is 0 Å². The van der Waals surface area contributed by atoms with Crippen LogP contribution in [0.2, 0.25) is 0 Å². The third-order valence-electron chi connectivity index (χ3n) is 6.59. The topological polar surface area (TPSA) is 324 Å². The Morgan fingerprint density at radius 2 is 1.16 bits per heavy atom. The Balaban J connectivity index is -0.000000371. The summed E-state index contributed by atoms with van der Waals surface area (Å²) in [5.74, 6) is -3.43. The van der Waals surface area contributed by atoms with Crippen LogP contribution in [0.25, 0.3) is 0 Å². The van der Waals surface area contributed by atoms with Gasteiger partial charge in [-0.1, -0.05) is 46.7 Å². The number of carboxylic acids is 2. The predicted octanol–water partition coefficient (Wildman–Crippen LogP) is -1.23. The van der Waals surface area contributed by atoms with Crippen molar-refractivity contribution in [2.75, 3.05) is 65.0 Å². The normalized spacial score (nSPS) is 12.9. The first-order chi connectivity index (χ1) is 25.6. The van der Waals surface area contributed by atoms with E-state index in [0.717, 1.165) is 0 Å². The van der Waals surface area contributed by atoms with E-state index in [9.17, 15) is 38.4 Å². The van der Waals surface area contributed by atoms with E-state index in [1.807, 2.05) is 0 Å². The number of nitrogens with two attached hydrogens (primary N) is 1. The molecule has 324 valence electrons. The largest absolute Gasteiger partial charge is 0.480 e. The minimum Gasteiger partial charge on any atom is -0.480 e. The van der Waals surface area contributed by atoms with Crippen molar-refractivity contribution < 1.29 is 53.4 Å². The standard InChI is InChI=1S/C13H24BrN5O4.C11H23N5O3.C6H6BrNO4.2CH4/c1-15-13(16-2)18-6-3-4-9(12(22)23)19-10(20)5-7-17-11(21)8-14;1-13-11(14-2)15-7-3-4-8(10(18)19)16-9(17)5-6-12;7-3-6(11)12-8-4(9)1-2-5(8)10;;/h9H,3-8H2,1-2H3,(H,17,21)(H,19,20)(H,22,23)(H2,15,16,18);8H,3-7,12H2,1-2H3,(H,16,17)(H,18,19)(H2,13,14,15);1-3H2;2*1H4/t9-;8-;;;/m00.../s1. The summed E-state index contributed by atoms with van der Waals surface area (Å²) in [4.78, 5) is 101. The van der Waals surface area contributed by atoms with Crippen molar-refractivity contribution in [3.05, 3.63) is 0 Å². The summed E-state index contributed by atoms with van der Waals surface area (Å²) in [5, 5.41) is 37.9. The lowest BCUT2D eigenvalue weighted by atomic mass is 10.1. The average Bonchev–Trinajstić information content (AvgIpc) is 3.46. The van der Waals surface area contributed by atoms with Gasteiger partial charge in [0.25, 0.3) is 11.8 Å². The molecule has 1 rings (SSSR count). The molecule has 1 fully saturated rings. The number of imide groups is 1. The van der Waals surface area contributed by atoms with Crippen LogP contribution in [0.15, 0.2) is 9.98 Å². The molecular formula is C32H61Br2N11O11. The van der Waals surface area contributed by atoms with Crippen LogP contribution < -0.4 is 43.0 Å². The van der Waals surface area contributed by atoms with Crippen LogP contribution in [0, 0.1) is 0 Å². The molecule has 2 atom stereocenters. The number of hydroxylamine groups is 2. The lowest BCUT2D eigenvalue weighted by Gasteiger charge is -2.15. The number of alkyl halides is 2. The van der Waals surface area contributed by atoms with Gasteiger partial charge in [0.2, 0.25) is 17.7 Å². The van der Waals surface area contributed by atoms with Gasteiger partial charge in [-0.05, 0) is 25.7 Å². The number of aliphatic imine (C=N–C) groups is 2. The number of nitrogens with zero attached hydrogens (tertiary/aromatic N) is 3. The SMILES string of the molecule is C.C.CN=C(NC)NCCC[C@H](NC(=O)CCN)C(=O)O.CN=C(NC)NCCC[C@H](NC(=O)CCNC(=O)CBr)C(=O)O.O=C(CBr)ON1C(=O)CCC1=O. The number of halogens is 2. The minimum atomic E-state index is -1.08. The van der Waals surface area contributed by atoms with Crippen molar-refractivity contribution in [3.8, 4) is 0 Å². The van der Waals surface area contributed by atoms with Gasteiger partial charge < -0.3 is 58.0 Å². The second kappa shape index (κ2) is 36.1. The zero-order valence-corrected chi connectivity index (χ0v) is 34.0. The Morgan fingerprint density at radius 1 is 0.732 bits per heavy atom. The van der Waals surface area contributed by atoms with E-state index in [1.165, 1.54) is 0 Å². The van der Waals surface area contributed by atoms with Gasteiger partial charge in [0.1, 0.15) is 17.4 Å². The molecule has 56 heavy (non-hydrogen) atoms. The van der Waals surface area contributed by atoms with Crippen LogP contribution in [0.1, 0.15) is 66.2 Å². The monoisotopic (exact) mass is 933 g/mol. The van der Waals surface area contributed by atoms with Gasteiger partial charge in [-0.2, -0.15) is 0 Å². The van der Waals surface area contributed by atoms with Gasteiger partial charge >= 0.3 is 17.9 Å². The Labute approximate surface area is 344 Å². The molecule has 0 bridgehead atoms. The summed E-state index contributed by atoms with van der Waals surface area (Å²) < 4.78 is 0. The second-order valence-corrected chi connectivity index (χ2v) is 11.8. The zero-order chi connectivity index (χ0) is 41.5. The Hall–Kier alpha value is -4.58. The number of hydrogen-bond acceptors (Lipinski definition) is 12. The number of guanidine groups is 2. The third kappa shape index (κ3) is 28.8. The van der Waals surface area contributed by atoms with Crippen LogP contribution in [-0.2, 0) is 43.2 Å². The smallest absolute Gasteiger partial charge is 0.343 e. The highest BCUT2D eigenvalue weighted by Gasteiger charge is 2.32. The molecule has 1 heterocycles. The maximum atomic E-state index is 11.7. The Kier molecular flexibility index (Phi) is 37.5. The highest BCUT2D eigenvalue weighted by molar-refractivity contribution is 9.09. The molecule has 1 aliphatic rings. The van der Waals surface area contributed by atoms with E-state index in [2.05, 4.69) is 83.9 Å². The molecule has 11 N–H and O–H groups in total. The second-order valence-electron chi connectivity index (χ2n) is 10.7. The summed E-state index contributed by atoms with van der Waals surface area (Å²) in [6.07, 6.45) is 2.20. The van der Waals surface area contributed by atoms with E-state index >= 15 is 0 Å². The summed E-state index contributed by atoms with van der Waals surface area (Å²) >= 11 is 5.83. The van der Waals surface area contributed by atoms with Crippen molar-refractivity contribution in [1.82, 2.24) is 42.3 Å². The molecule has 24 heteroatoms. The van der Waals surface area contributed by atoms with Gasteiger partial charge in [0.15, 0.2) is 11.9 Å². The van der Waals surface area contributed by atoms with E-state index < -0.39 is 47.7 Å². The fraction of sp³-hybridized carbons (Fsp3) is 0.688. The van der Waals surface area contributed by atoms with E-state index in [1.54, 1.807) is 28.2 Å². The molecular weight excluding hydrogens is 874 g/mol. The molecule has 0 saturated carbocycles. The lowest BCUT2D eigenvalue weighted by Crippen LogP contribution is -2.42. The first-order valence-corrected chi connectivity index (χ1v) is 18.8. The Morgan fingerprint density at radius 3 is 1.50 bits per heavy atom. The van der Waals surface area contributed by atoms with Gasteiger partial charge in [-0.15, -0.1) is 5.06 Å². The van der Waals surface area contributed by atoms with Crippen molar-refractivity contribution in [3.63, 3.8) is 0 Å². The van der Waals surface area contributed by atoms with Crippen LogP contribution >= 0.6 is 31.9 Å². The van der Waals surface area contributed by atoms with Crippen molar-refractivity contribution in [1.29, 1.82) is 0 Å². The van der Waals surface area contributed by atoms with Crippen LogP contribution in [0.5, 0.6) is 0 Å². The maximum absolute atomic E-state index is 11.7. The Bertz CT molecular complexity index is 1280. The van der Waals surface area contributed by atoms with E-state index in [-0.39, 0.29) is 76.1 Å². The van der Waals surface area contributed by atoms with E-state index in [0.29, 0.717) is 55.8 Å². The predicted molar refractivity (Wildman–Crippen MR) is 218 cm³/mol. The number of nitrogens with one attached hydrogen (secondary N) is 7. The number of aliphatic carboxylic acids is 2. The molecule has 1 aliphatic heterocycles. The molecule has 1 saturated heterocycles. The third-order valence-corrected chi connectivity index (χ3v) is 7.55. The molecule has 0 aliphatic carbocycles. The summed E-state index contributed by atoms with van der Waals surface area (Å²) in [5.41, 5.74) is 5.23. The van der Waals surface area contributed by atoms with Crippen LogP contribution in [0.4, 0.5) is 0 Å². The quantitative estimate of drug-likeness (QED) is 0.0225. The fourth-order valence-electron chi connectivity index (χ4n) is 3.91. The highest BCUT2D eigenvalue weighted by atomic mass is 79.9. The first kappa shape index (κ1) is 58.1. The molecule has 0 aromatic carbocycles. The highest BCUT2D eigenvalue weighted by Crippen LogP contribution is 2.12. The summed E-state index contributed by atoms with van der Waals surface area (Å²) in [7, 11) is 6.74. The van der Waals surface area contributed by atoms with E-state index in [4.69, 9.17) is 15.9 Å². The maximum Gasteiger partial charge on any atom is 0.343 e. The van der Waals surface area contributed by atoms with Crippen molar-refractivity contribution >= 4 is 91.2 Å². The van der Waals surface area contributed by atoms with Gasteiger partial charge in [-0.25, -0.2) is 14.4 Å². The van der Waals surface area contributed by atoms with Crippen molar-refractivity contribution in [2.45, 2.75) is 78.3 Å². The number of carboxylic acid groups (broad SMARTS) is 2. The van der Waals surface area contributed by atoms with Crippen LogP contribution in [-0.4, -0.2) is 152 Å². The number of carbonyl (C=O) groups is 8. The number of amides is 5. The van der Waals surface area contributed by atoms with Crippen molar-refractivity contribution in [2.24, 2.45) is 15.7 Å². The summed E-state index contributed by atoms with van der Waals surface area (Å²) in [6.45, 7) is 1.49.